The molecule has 1 aromatic carbocycles. The number of nitrogens with one attached hydrogen (secondary N) is 3. The zero-order chi connectivity index (χ0) is 25.7. The van der Waals surface area contributed by atoms with Crippen molar-refractivity contribution in [3.8, 4) is 0 Å². The van der Waals surface area contributed by atoms with E-state index in [-0.39, 0.29) is 41.4 Å². The third kappa shape index (κ3) is 6.15. The topological polar surface area (TPSA) is 112 Å². The third-order valence-corrected chi connectivity index (χ3v) is 6.55. The van der Waals surface area contributed by atoms with Gasteiger partial charge in [0, 0.05) is 37.4 Å². The fraction of sp³-hybridized carbons (Fsp3) is 0.348. The molecule has 3 heterocycles. The van der Waals surface area contributed by atoms with Gasteiger partial charge >= 0.3 is 0 Å². The average molecular weight is 520 g/mol. The number of rotatable bonds is 8. The molecule has 0 unspecified atom stereocenters. The number of carbonyl (C=O) groups is 2. The van der Waals surface area contributed by atoms with Gasteiger partial charge in [-0.1, -0.05) is 0 Å². The molecular weight excluding hydrogens is 495 g/mol. The molecule has 3 N–H and O–H groups in total. The molecule has 190 valence electrons. The molecule has 1 aliphatic heterocycles. The highest BCUT2D eigenvalue weighted by Gasteiger charge is 2.23. The summed E-state index contributed by atoms with van der Waals surface area (Å²) >= 11 is 1.01. The molecule has 4 rings (SSSR count). The van der Waals surface area contributed by atoms with Gasteiger partial charge in [-0.3, -0.25) is 14.6 Å². The Balaban J connectivity index is 1.42. The lowest BCUT2D eigenvalue weighted by molar-refractivity contribution is 0.0903. The summed E-state index contributed by atoms with van der Waals surface area (Å²) < 4.78 is 43.4. The zero-order valence-corrected chi connectivity index (χ0v) is 20.2. The quantitative estimate of drug-likeness (QED) is 0.416. The largest absolute Gasteiger partial charge is 0.348 e. The van der Waals surface area contributed by atoms with Crippen molar-refractivity contribution in [3.63, 3.8) is 0 Å². The van der Waals surface area contributed by atoms with Crippen LogP contribution in [0.5, 0.6) is 0 Å². The van der Waals surface area contributed by atoms with Crippen LogP contribution < -0.4 is 16.0 Å². The molecular formula is C23H24F3N7O2S. The van der Waals surface area contributed by atoms with Crippen LogP contribution in [0.2, 0.25) is 0 Å². The maximum absolute atomic E-state index is 13.5. The van der Waals surface area contributed by atoms with Gasteiger partial charge in [-0.05, 0) is 43.4 Å². The minimum Gasteiger partial charge on any atom is -0.348 e. The van der Waals surface area contributed by atoms with Crippen molar-refractivity contribution in [3.05, 3.63) is 59.2 Å². The lowest BCUT2D eigenvalue weighted by Crippen LogP contribution is -2.45. The molecule has 2 amide bonds. The van der Waals surface area contributed by atoms with E-state index in [1.165, 1.54) is 18.5 Å². The average Bonchev–Trinajstić information content (AvgIpc) is 3.22. The molecule has 1 fully saturated rings. The Morgan fingerprint density at radius 1 is 1.14 bits per heavy atom. The minimum absolute atomic E-state index is 0.0393. The fourth-order valence-corrected chi connectivity index (χ4v) is 4.62. The summed E-state index contributed by atoms with van der Waals surface area (Å²) in [6.45, 7) is 3.07. The van der Waals surface area contributed by atoms with E-state index in [2.05, 4.69) is 30.3 Å². The predicted molar refractivity (Wildman–Crippen MR) is 129 cm³/mol. The number of halogens is 3. The number of piperidine rings is 1. The second-order valence-electron chi connectivity index (χ2n) is 8.25. The Hall–Kier alpha value is -3.58. The highest BCUT2D eigenvalue weighted by atomic mass is 32.1. The van der Waals surface area contributed by atoms with Crippen molar-refractivity contribution in [2.24, 2.45) is 0 Å². The normalized spacial score (nSPS) is 14.4. The third-order valence-electron chi connectivity index (χ3n) is 5.70. The molecule has 2 aromatic heterocycles. The second kappa shape index (κ2) is 11.4. The molecule has 0 saturated carbocycles. The van der Waals surface area contributed by atoms with Crippen LogP contribution in [0, 0.1) is 18.6 Å². The first-order chi connectivity index (χ1) is 17.3. The van der Waals surface area contributed by atoms with Gasteiger partial charge in [0.2, 0.25) is 0 Å². The van der Waals surface area contributed by atoms with Gasteiger partial charge in [0.1, 0.15) is 23.2 Å². The molecule has 13 heteroatoms. The molecule has 0 atom stereocenters. The van der Waals surface area contributed by atoms with Crippen LogP contribution in [0.1, 0.15) is 39.4 Å². The summed E-state index contributed by atoms with van der Waals surface area (Å²) in [6.07, 6.45) is 4.17. The molecule has 1 aliphatic rings. The van der Waals surface area contributed by atoms with Crippen LogP contribution in [-0.2, 0) is 0 Å². The van der Waals surface area contributed by atoms with Crippen molar-refractivity contribution < 1.29 is 22.8 Å². The number of anilines is 3. The van der Waals surface area contributed by atoms with Crippen molar-refractivity contribution >= 4 is 39.9 Å². The van der Waals surface area contributed by atoms with E-state index in [4.69, 9.17) is 0 Å². The lowest BCUT2D eigenvalue weighted by Gasteiger charge is -2.31. The van der Waals surface area contributed by atoms with Gasteiger partial charge < -0.3 is 20.9 Å². The molecule has 0 aliphatic carbocycles. The van der Waals surface area contributed by atoms with Crippen LogP contribution >= 0.6 is 11.5 Å². The van der Waals surface area contributed by atoms with Crippen molar-refractivity contribution in [1.82, 2.24) is 24.6 Å². The maximum Gasteiger partial charge on any atom is 0.271 e. The van der Waals surface area contributed by atoms with Crippen LogP contribution in [0.25, 0.3) is 0 Å². The fourth-order valence-electron chi connectivity index (χ4n) is 3.82. The summed E-state index contributed by atoms with van der Waals surface area (Å²) in [7, 11) is 0. The highest BCUT2D eigenvalue weighted by Crippen LogP contribution is 2.28. The predicted octanol–water partition coefficient (Wildman–Crippen LogP) is 3.68. The summed E-state index contributed by atoms with van der Waals surface area (Å²) in [5.41, 5.74) is 0.801. The van der Waals surface area contributed by atoms with Crippen molar-refractivity contribution in [2.75, 3.05) is 36.9 Å². The van der Waals surface area contributed by atoms with Gasteiger partial charge in [0.05, 0.1) is 23.7 Å². The minimum atomic E-state index is -1.08. The number of nitrogens with zero attached hydrogens (tertiary/aromatic N) is 4. The van der Waals surface area contributed by atoms with E-state index in [1.807, 2.05) is 4.90 Å². The van der Waals surface area contributed by atoms with Gasteiger partial charge in [-0.15, -0.1) is 0 Å². The summed E-state index contributed by atoms with van der Waals surface area (Å²) in [5, 5.41) is 8.77. The lowest BCUT2D eigenvalue weighted by atomic mass is 10.0. The first-order valence-electron chi connectivity index (χ1n) is 11.2. The van der Waals surface area contributed by atoms with Crippen molar-refractivity contribution in [2.45, 2.75) is 25.8 Å². The summed E-state index contributed by atoms with van der Waals surface area (Å²) in [4.78, 5) is 35.9. The molecule has 0 spiro atoms. The van der Waals surface area contributed by atoms with Crippen LogP contribution in [-0.4, -0.2) is 63.4 Å². The molecule has 9 nitrogen and oxygen atoms in total. The summed E-state index contributed by atoms with van der Waals surface area (Å²) in [6, 6.07) is 3.01. The number of aromatic nitrogens is 3. The molecule has 0 bridgehead atoms. The van der Waals surface area contributed by atoms with E-state index in [0.717, 1.165) is 23.7 Å². The number of likely N-dealkylation sites (tertiary alicyclic amines) is 1. The maximum atomic E-state index is 13.5. The van der Waals surface area contributed by atoms with Crippen molar-refractivity contribution in [1.29, 1.82) is 0 Å². The van der Waals surface area contributed by atoms with Gasteiger partial charge in [-0.25, -0.2) is 18.2 Å². The molecule has 0 radical (unpaired) electrons. The second-order valence-corrected chi connectivity index (χ2v) is 9.02. The smallest absolute Gasteiger partial charge is 0.271 e. The Labute approximate surface area is 209 Å². The number of amides is 2. The van der Waals surface area contributed by atoms with Crippen LogP contribution in [0.15, 0.2) is 30.6 Å². The molecule has 1 saturated heterocycles. The van der Waals surface area contributed by atoms with E-state index in [1.54, 1.807) is 6.92 Å². The van der Waals surface area contributed by atoms with Crippen LogP contribution in [0.3, 0.4) is 0 Å². The number of alkyl halides is 1. The van der Waals surface area contributed by atoms with Gasteiger partial charge in [0.25, 0.3) is 11.8 Å². The Bertz CT molecular complexity index is 1250. The monoisotopic (exact) mass is 519 g/mol. The zero-order valence-electron chi connectivity index (χ0n) is 19.4. The SMILES string of the molecule is Cc1nsc(Nc2cncc(C(=O)NC3CCN(CCF)CC3)n2)c1C(=O)Nc1ccc(F)c(F)c1. The van der Waals surface area contributed by atoms with Crippen LogP contribution in [0.4, 0.5) is 29.7 Å². The molecule has 36 heavy (non-hydrogen) atoms. The summed E-state index contributed by atoms with van der Waals surface area (Å²) in [5.74, 6) is -2.83. The number of hydrogen-bond acceptors (Lipinski definition) is 8. The number of carbonyl (C=O) groups excluding carboxylic acids is 2. The highest BCUT2D eigenvalue weighted by molar-refractivity contribution is 7.10. The first-order valence-corrected chi connectivity index (χ1v) is 12.0. The molecule has 3 aromatic rings. The Morgan fingerprint density at radius 2 is 1.92 bits per heavy atom. The number of aryl methyl sites for hydroxylation is 1. The number of hydrogen-bond donors (Lipinski definition) is 3. The van der Waals surface area contributed by atoms with E-state index in [9.17, 15) is 22.8 Å². The van der Waals surface area contributed by atoms with Gasteiger partial charge in [0.15, 0.2) is 11.6 Å². The van der Waals surface area contributed by atoms with E-state index in [0.29, 0.717) is 43.2 Å². The van der Waals surface area contributed by atoms with Gasteiger partial charge in [-0.2, -0.15) is 4.37 Å². The Kier molecular flexibility index (Phi) is 8.10. The van der Waals surface area contributed by atoms with E-state index >= 15 is 0 Å². The first kappa shape index (κ1) is 25.5. The standard InChI is InChI=1S/C23H24F3N7O2S/c1-13-20(22(35)29-15-2-3-16(25)17(26)10-15)23(36-32-13)31-19-12-27-11-18(30-19)21(34)28-14-4-7-33(8-5-14)9-6-24/h2-3,10-12,14H,4-9H2,1H3,(H,28,34)(H,29,35)(H,30,31). The Morgan fingerprint density at radius 3 is 2.64 bits per heavy atom. The number of benzene rings is 1. The van der Waals surface area contributed by atoms with E-state index < -0.39 is 17.5 Å².